The smallest absolute Gasteiger partial charge is 0.241 e. The van der Waals surface area contributed by atoms with Crippen molar-refractivity contribution in [2.45, 2.75) is 75.4 Å². The van der Waals surface area contributed by atoms with Gasteiger partial charge in [-0.1, -0.05) is 25.7 Å². The molecule has 5 atom stereocenters. The Balaban J connectivity index is 1.60. The fraction of sp³-hybridized carbons (Fsp3) is 0.714. The van der Waals surface area contributed by atoms with Gasteiger partial charge in [0.1, 0.15) is 35.0 Å². The van der Waals surface area contributed by atoms with Gasteiger partial charge in [0.05, 0.1) is 12.4 Å². The van der Waals surface area contributed by atoms with Crippen LogP contribution in [0.5, 0.6) is 0 Å². The summed E-state index contributed by atoms with van der Waals surface area (Å²) in [5, 5.41) is 27.3. The molecule has 4 aliphatic heterocycles. The van der Waals surface area contributed by atoms with Crippen molar-refractivity contribution >= 4 is 11.7 Å². The number of aromatic nitrogens is 2. The highest BCUT2D eigenvalue weighted by Gasteiger charge is 2.50. The lowest BCUT2D eigenvalue weighted by atomic mass is 9.79. The Kier molecular flexibility index (Phi) is 4.99. The van der Waals surface area contributed by atoms with Gasteiger partial charge in [-0.3, -0.25) is 9.36 Å². The second-order valence-corrected chi connectivity index (χ2v) is 8.95. The fourth-order valence-corrected chi connectivity index (χ4v) is 5.22. The van der Waals surface area contributed by atoms with E-state index >= 15 is 0 Å². The van der Waals surface area contributed by atoms with E-state index in [4.69, 9.17) is 4.74 Å². The first-order valence-electron chi connectivity index (χ1n) is 11.1. The second-order valence-electron chi connectivity index (χ2n) is 8.95. The molecule has 1 aromatic heterocycles. The molecule has 0 radical (unpaired) electrons. The summed E-state index contributed by atoms with van der Waals surface area (Å²) in [5.41, 5.74) is -0.176. The molecule has 0 aliphatic carbocycles. The molecule has 9 nitrogen and oxygen atoms in total. The lowest BCUT2D eigenvalue weighted by Crippen LogP contribution is -2.41. The zero-order valence-electron chi connectivity index (χ0n) is 17.4. The Bertz CT molecular complexity index is 854. The minimum absolute atomic E-state index is 0.0421. The highest BCUT2D eigenvalue weighted by atomic mass is 16.6. The molecule has 1 fully saturated rings. The van der Waals surface area contributed by atoms with Crippen molar-refractivity contribution in [3.8, 4) is 0 Å². The molecule has 4 unspecified atom stereocenters. The van der Waals surface area contributed by atoms with Crippen molar-refractivity contribution in [1.29, 1.82) is 0 Å². The second kappa shape index (κ2) is 7.55. The van der Waals surface area contributed by atoms with Gasteiger partial charge in [-0.05, 0) is 25.8 Å². The summed E-state index contributed by atoms with van der Waals surface area (Å²) < 4.78 is 7.59. The van der Waals surface area contributed by atoms with Crippen molar-refractivity contribution < 1.29 is 19.7 Å². The molecule has 0 aromatic carbocycles. The number of rotatable bonds is 1. The summed E-state index contributed by atoms with van der Waals surface area (Å²) in [6.45, 7) is 4.07. The Morgan fingerprint density at radius 1 is 1.17 bits per heavy atom. The quantitative estimate of drug-likeness (QED) is 0.535. The average molecular weight is 418 g/mol. The molecule has 1 amide bonds. The van der Waals surface area contributed by atoms with E-state index in [9.17, 15) is 15.0 Å². The third kappa shape index (κ3) is 3.02. The predicted octanol–water partition coefficient (Wildman–Crippen LogP) is 0.813. The molecule has 4 aliphatic rings. The SMILES string of the molecule is CC1OC(n2cnc3c2NCCN2CCCCCCC[C@@]34C=C2NC4=O)C(O)C1O. The number of fused-ring (bicyclic) bond motifs is 1. The lowest BCUT2D eigenvalue weighted by molar-refractivity contribution is -0.124. The van der Waals surface area contributed by atoms with E-state index in [1.165, 1.54) is 12.8 Å². The number of carbonyl (C=O) groups excluding carboxylic acids is 1. The predicted molar refractivity (Wildman–Crippen MR) is 109 cm³/mol. The molecular formula is C21H31N5O4. The maximum atomic E-state index is 13.3. The van der Waals surface area contributed by atoms with Crippen LogP contribution in [-0.4, -0.2) is 68.5 Å². The number of imidazole rings is 1. The van der Waals surface area contributed by atoms with Gasteiger partial charge in [0.25, 0.3) is 0 Å². The lowest BCUT2D eigenvalue weighted by Gasteiger charge is -2.29. The molecule has 3 bridgehead atoms. The van der Waals surface area contributed by atoms with Crippen LogP contribution >= 0.6 is 0 Å². The summed E-state index contributed by atoms with van der Waals surface area (Å²) in [6.07, 6.45) is 6.64. The Hall–Kier alpha value is -2.10. The normalized spacial score (nSPS) is 36.7. The van der Waals surface area contributed by atoms with Crippen LogP contribution in [0.25, 0.3) is 0 Å². The number of anilines is 1. The molecule has 1 aromatic rings. The summed E-state index contributed by atoms with van der Waals surface area (Å²) in [4.78, 5) is 20.3. The monoisotopic (exact) mass is 417 g/mol. The fourth-order valence-electron chi connectivity index (χ4n) is 5.22. The van der Waals surface area contributed by atoms with Crippen molar-refractivity contribution in [1.82, 2.24) is 19.8 Å². The van der Waals surface area contributed by atoms with Crippen LogP contribution < -0.4 is 10.6 Å². The van der Waals surface area contributed by atoms with Gasteiger partial charge in [-0.25, -0.2) is 4.98 Å². The van der Waals surface area contributed by atoms with Gasteiger partial charge in [0.15, 0.2) is 6.23 Å². The Labute approximate surface area is 176 Å². The number of hydrogen-bond acceptors (Lipinski definition) is 7. The van der Waals surface area contributed by atoms with E-state index in [0.717, 1.165) is 38.2 Å². The molecule has 5 heterocycles. The number of aliphatic hydroxyl groups is 2. The minimum atomic E-state index is -1.06. The molecule has 4 N–H and O–H groups in total. The maximum Gasteiger partial charge on any atom is 0.241 e. The van der Waals surface area contributed by atoms with Crippen molar-refractivity contribution in [3.63, 3.8) is 0 Å². The summed E-state index contributed by atoms with van der Waals surface area (Å²) in [5.74, 6) is 1.53. The number of aliphatic hydroxyl groups excluding tert-OH is 2. The van der Waals surface area contributed by atoms with E-state index in [2.05, 4.69) is 26.6 Å². The number of carbonyl (C=O) groups is 1. The van der Waals surface area contributed by atoms with E-state index in [0.29, 0.717) is 24.5 Å². The molecule has 1 saturated heterocycles. The summed E-state index contributed by atoms with van der Waals surface area (Å²) >= 11 is 0. The molecule has 0 spiro atoms. The van der Waals surface area contributed by atoms with Gasteiger partial charge in [0, 0.05) is 19.6 Å². The van der Waals surface area contributed by atoms with E-state index in [1.807, 2.05) is 0 Å². The number of amides is 1. The first-order chi connectivity index (χ1) is 14.5. The van der Waals surface area contributed by atoms with Crippen LogP contribution in [-0.2, 0) is 14.9 Å². The van der Waals surface area contributed by atoms with Gasteiger partial charge < -0.3 is 30.5 Å². The number of hydrogen-bond donors (Lipinski definition) is 4. The van der Waals surface area contributed by atoms with Gasteiger partial charge >= 0.3 is 0 Å². The zero-order valence-corrected chi connectivity index (χ0v) is 17.4. The van der Waals surface area contributed by atoms with Crippen LogP contribution in [0.3, 0.4) is 0 Å². The van der Waals surface area contributed by atoms with E-state index < -0.39 is 30.0 Å². The van der Waals surface area contributed by atoms with Crippen LogP contribution in [0.15, 0.2) is 18.2 Å². The average Bonchev–Trinajstić information content (AvgIpc) is 3.36. The molecule has 5 rings (SSSR count). The first kappa shape index (κ1) is 19.8. The Morgan fingerprint density at radius 3 is 2.77 bits per heavy atom. The van der Waals surface area contributed by atoms with E-state index in [1.54, 1.807) is 17.8 Å². The zero-order chi connectivity index (χ0) is 20.9. The van der Waals surface area contributed by atoms with Crippen LogP contribution in [0.4, 0.5) is 5.82 Å². The number of nitrogens with zero attached hydrogens (tertiary/aromatic N) is 3. The molecule has 30 heavy (non-hydrogen) atoms. The van der Waals surface area contributed by atoms with Gasteiger partial charge in [-0.15, -0.1) is 0 Å². The van der Waals surface area contributed by atoms with Crippen LogP contribution in [0, 0.1) is 0 Å². The van der Waals surface area contributed by atoms with E-state index in [-0.39, 0.29) is 5.91 Å². The molecule has 164 valence electrons. The number of nitrogens with one attached hydrogen (secondary N) is 2. The van der Waals surface area contributed by atoms with Gasteiger partial charge in [0.2, 0.25) is 5.91 Å². The topological polar surface area (TPSA) is 112 Å². The van der Waals surface area contributed by atoms with Crippen LogP contribution in [0.1, 0.15) is 57.4 Å². The third-order valence-electron chi connectivity index (χ3n) is 7.01. The highest BCUT2D eigenvalue weighted by molar-refractivity contribution is 5.95. The summed E-state index contributed by atoms with van der Waals surface area (Å²) in [7, 11) is 0. The molecular weight excluding hydrogens is 386 g/mol. The van der Waals surface area contributed by atoms with Gasteiger partial charge in [-0.2, -0.15) is 0 Å². The minimum Gasteiger partial charge on any atom is -0.388 e. The highest BCUT2D eigenvalue weighted by Crippen LogP contribution is 2.43. The van der Waals surface area contributed by atoms with Crippen molar-refractivity contribution in [2.24, 2.45) is 0 Å². The van der Waals surface area contributed by atoms with Crippen LogP contribution in [0.2, 0.25) is 0 Å². The van der Waals surface area contributed by atoms with Crippen molar-refractivity contribution in [3.05, 3.63) is 23.9 Å². The van der Waals surface area contributed by atoms with Crippen molar-refractivity contribution in [2.75, 3.05) is 25.0 Å². The largest absolute Gasteiger partial charge is 0.388 e. The molecule has 9 heteroatoms. The number of ether oxygens (including phenoxy) is 1. The third-order valence-corrected chi connectivity index (χ3v) is 7.01. The maximum absolute atomic E-state index is 13.3. The first-order valence-corrected chi connectivity index (χ1v) is 11.1. The summed E-state index contributed by atoms with van der Waals surface area (Å²) in [6, 6.07) is 0. The standard InChI is InChI=1S/C21H31N5O4/c1-13-15(27)16(28)19(30-13)26-12-23-17-18(26)22-8-10-25-9-6-4-2-3-5-7-21(17)11-14(25)24-20(21)29/h11-13,15-16,19,22,27-28H,2-10H2,1H3,(H,24,29)/t13?,15?,16?,19?,21-/m1/s1. The molecule has 0 saturated carbocycles. The Morgan fingerprint density at radius 2 is 1.97 bits per heavy atom.